The van der Waals surface area contributed by atoms with Crippen LogP contribution in [0.5, 0.6) is 5.75 Å². The van der Waals surface area contributed by atoms with Gasteiger partial charge in [0.05, 0.1) is 0 Å². The molecule has 0 saturated carbocycles. The number of aryl methyl sites for hydroxylation is 1. The zero-order valence-corrected chi connectivity index (χ0v) is 16.3. The molecule has 1 atom stereocenters. The molecule has 4 rings (SSSR count). The number of rotatable bonds is 6. The lowest BCUT2D eigenvalue weighted by Crippen LogP contribution is -2.37. The minimum Gasteiger partial charge on any atom is -0.481 e. The van der Waals surface area contributed by atoms with Crippen LogP contribution in [-0.4, -0.2) is 23.5 Å². The van der Waals surface area contributed by atoms with Gasteiger partial charge in [0.2, 0.25) is 0 Å². The second-order valence-electron chi connectivity index (χ2n) is 7.07. The van der Waals surface area contributed by atoms with Crippen molar-refractivity contribution in [1.29, 1.82) is 0 Å². The number of hydrogen-bond acceptors (Lipinski definition) is 4. The summed E-state index contributed by atoms with van der Waals surface area (Å²) in [5, 5.41) is 4.92. The molecule has 0 radical (unpaired) electrons. The van der Waals surface area contributed by atoms with Gasteiger partial charge >= 0.3 is 5.63 Å². The number of carbonyl (C=O) groups is 1. The van der Waals surface area contributed by atoms with Crippen LogP contribution in [0.25, 0.3) is 21.9 Å². The molecule has 2 N–H and O–H groups in total. The molecular formula is C23H22N2O4. The summed E-state index contributed by atoms with van der Waals surface area (Å²) in [4.78, 5) is 27.2. The number of amides is 1. The molecule has 1 amide bonds. The first-order valence-corrected chi connectivity index (χ1v) is 9.55. The van der Waals surface area contributed by atoms with Crippen LogP contribution in [0.15, 0.2) is 63.9 Å². The molecule has 0 aliphatic rings. The molecule has 6 nitrogen and oxygen atoms in total. The number of benzene rings is 2. The van der Waals surface area contributed by atoms with Gasteiger partial charge in [0.15, 0.2) is 6.10 Å². The number of hydrogen-bond donors (Lipinski definition) is 2. The van der Waals surface area contributed by atoms with E-state index in [4.69, 9.17) is 9.15 Å². The monoisotopic (exact) mass is 390 g/mol. The highest BCUT2D eigenvalue weighted by Crippen LogP contribution is 2.23. The second-order valence-corrected chi connectivity index (χ2v) is 7.07. The molecule has 6 heteroatoms. The Morgan fingerprint density at radius 1 is 1.17 bits per heavy atom. The van der Waals surface area contributed by atoms with Gasteiger partial charge in [0.25, 0.3) is 5.91 Å². The normalized spacial score (nSPS) is 12.2. The predicted molar refractivity (Wildman–Crippen MR) is 112 cm³/mol. The lowest BCUT2D eigenvalue weighted by atomic mass is 10.1. The van der Waals surface area contributed by atoms with Gasteiger partial charge < -0.3 is 19.5 Å². The van der Waals surface area contributed by atoms with Crippen molar-refractivity contribution in [1.82, 2.24) is 10.3 Å². The molecule has 0 aliphatic carbocycles. The van der Waals surface area contributed by atoms with Crippen LogP contribution < -0.4 is 15.7 Å². The molecule has 0 spiro atoms. The number of ether oxygens (including phenoxy) is 1. The maximum absolute atomic E-state index is 12.4. The molecule has 2 aromatic heterocycles. The Bertz CT molecular complexity index is 1240. The fourth-order valence-corrected chi connectivity index (χ4v) is 3.44. The van der Waals surface area contributed by atoms with Gasteiger partial charge in [-0.25, -0.2) is 4.79 Å². The molecule has 0 aliphatic heterocycles. The van der Waals surface area contributed by atoms with Crippen molar-refractivity contribution in [2.75, 3.05) is 6.54 Å². The van der Waals surface area contributed by atoms with E-state index in [9.17, 15) is 9.59 Å². The maximum atomic E-state index is 12.4. The van der Waals surface area contributed by atoms with Gasteiger partial charge in [0.1, 0.15) is 11.3 Å². The van der Waals surface area contributed by atoms with Crippen LogP contribution in [0.4, 0.5) is 0 Å². The van der Waals surface area contributed by atoms with Crippen molar-refractivity contribution >= 4 is 27.8 Å². The van der Waals surface area contributed by atoms with Gasteiger partial charge in [-0.1, -0.05) is 18.2 Å². The highest BCUT2D eigenvalue weighted by Gasteiger charge is 2.15. The van der Waals surface area contributed by atoms with Gasteiger partial charge in [-0.3, -0.25) is 4.79 Å². The standard InChI is InChI=1S/C23H22N2O4/c1-14-11-22(26)29-21-12-17(7-8-18(14)21)28-15(2)23(27)24-10-9-16-13-25-20-6-4-3-5-19(16)20/h3-8,11-13,15,25H,9-10H2,1-2H3,(H,24,27)/t15-/m1/s1. The van der Waals surface area contributed by atoms with Crippen LogP contribution in [-0.2, 0) is 11.2 Å². The molecule has 0 fully saturated rings. The Hall–Kier alpha value is -3.54. The lowest BCUT2D eigenvalue weighted by Gasteiger charge is -2.15. The Labute approximate surface area is 167 Å². The number of para-hydroxylation sites is 1. The van der Waals surface area contributed by atoms with E-state index in [1.54, 1.807) is 19.1 Å². The summed E-state index contributed by atoms with van der Waals surface area (Å²) in [7, 11) is 0. The van der Waals surface area contributed by atoms with E-state index in [1.807, 2.05) is 37.4 Å². The third-order valence-corrected chi connectivity index (χ3v) is 4.97. The van der Waals surface area contributed by atoms with Crippen LogP contribution in [0, 0.1) is 6.92 Å². The summed E-state index contributed by atoms with van der Waals surface area (Å²) >= 11 is 0. The summed E-state index contributed by atoms with van der Waals surface area (Å²) in [6.07, 6.45) is 2.02. The summed E-state index contributed by atoms with van der Waals surface area (Å²) in [6.45, 7) is 4.06. The van der Waals surface area contributed by atoms with E-state index in [0.29, 0.717) is 17.9 Å². The summed E-state index contributed by atoms with van der Waals surface area (Å²) in [5.74, 6) is 0.279. The SMILES string of the molecule is Cc1cc(=O)oc2cc(O[C@H](C)C(=O)NCCc3c[nH]c4ccccc34)ccc12. The largest absolute Gasteiger partial charge is 0.481 e. The average Bonchev–Trinajstić information content (AvgIpc) is 3.10. The maximum Gasteiger partial charge on any atom is 0.336 e. The van der Waals surface area contributed by atoms with Gasteiger partial charge in [-0.2, -0.15) is 0 Å². The van der Waals surface area contributed by atoms with E-state index in [-0.39, 0.29) is 5.91 Å². The average molecular weight is 390 g/mol. The molecule has 2 heterocycles. The first kappa shape index (κ1) is 18.8. The molecule has 4 aromatic rings. The van der Waals surface area contributed by atoms with E-state index < -0.39 is 11.7 Å². The van der Waals surface area contributed by atoms with Crippen LogP contribution in [0.2, 0.25) is 0 Å². The van der Waals surface area contributed by atoms with Gasteiger partial charge in [-0.15, -0.1) is 0 Å². The summed E-state index contributed by atoms with van der Waals surface area (Å²) in [6, 6.07) is 14.8. The molecule has 29 heavy (non-hydrogen) atoms. The number of carbonyl (C=O) groups excluding carboxylic acids is 1. The number of fused-ring (bicyclic) bond motifs is 2. The molecule has 2 aromatic carbocycles. The lowest BCUT2D eigenvalue weighted by molar-refractivity contribution is -0.127. The smallest absolute Gasteiger partial charge is 0.336 e. The molecule has 0 unspecified atom stereocenters. The number of aromatic nitrogens is 1. The zero-order chi connectivity index (χ0) is 20.4. The van der Waals surface area contributed by atoms with Crippen molar-refractivity contribution in [2.24, 2.45) is 0 Å². The minimum atomic E-state index is -0.674. The summed E-state index contributed by atoms with van der Waals surface area (Å²) < 4.78 is 11.0. The highest BCUT2D eigenvalue weighted by molar-refractivity contribution is 5.84. The van der Waals surface area contributed by atoms with Crippen LogP contribution in [0.3, 0.4) is 0 Å². The Balaban J connectivity index is 1.37. The molecule has 0 saturated heterocycles. The number of aromatic amines is 1. The Kier molecular flexibility index (Phi) is 5.08. The van der Waals surface area contributed by atoms with Crippen molar-refractivity contribution < 1.29 is 13.9 Å². The first-order chi connectivity index (χ1) is 14.0. The van der Waals surface area contributed by atoms with E-state index in [2.05, 4.69) is 16.4 Å². The molecule has 148 valence electrons. The third kappa shape index (κ3) is 4.01. The fraction of sp³-hybridized carbons (Fsp3) is 0.217. The molecule has 0 bridgehead atoms. The second kappa shape index (κ2) is 7.83. The summed E-state index contributed by atoms with van der Waals surface area (Å²) in [5.41, 5.74) is 3.12. The number of H-pyrrole nitrogens is 1. The van der Waals surface area contributed by atoms with E-state index in [0.717, 1.165) is 28.5 Å². The van der Waals surface area contributed by atoms with Crippen molar-refractivity contribution in [3.8, 4) is 5.75 Å². The zero-order valence-electron chi connectivity index (χ0n) is 16.3. The minimum absolute atomic E-state index is 0.198. The topological polar surface area (TPSA) is 84.3 Å². The van der Waals surface area contributed by atoms with E-state index >= 15 is 0 Å². The Morgan fingerprint density at radius 2 is 2.00 bits per heavy atom. The van der Waals surface area contributed by atoms with Crippen LogP contribution >= 0.6 is 0 Å². The quantitative estimate of drug-likeness (QED) is 0.492. The molecular weight excluding hydrogens is 368 g/mol. The number of nitrogens with one attached hydrogen (secondary N) is 2. The van der Waals surface area contributed by atoms with Crippen LogP contribution in [0.1, 0.15) is 18.1 Å². The Morgan fingerprint density at radius 3 is 2.86 bits per heavy atom. The van der Waals surface area contributed by atoms with Gasteiger partial charge in [-0.05, 0) is 49.6 Å². The van der Waals surface area contributed by atoms with Gasteiger partial charge in [0, 0.05) is 41.2 Å². The predicted octanol–water partition coefficient (Wildman–Crippen LogP) is 3.71. The third-order valence-electron chi connectivity index (χ3n) is 4.97. The fourth-order valence-electron chi connectivity index (χ4n) is 3.44. The van der Waals surface area contributed by atoms with E-state index in [1.165, 1.54) is 11.5 Å². The van der Waals surface area contributed by atoms with Crippen molar-refractivity contribution in [2.45, 2.75) is 26.4 Å². The van der Waals surface area contributed by atoms with Crippen molar-refractivity contribution in [3.05, 3.63) is 76.3 Å². The first-order valence-electron chi connectivity index (χ1n) is 9.55. The van der Waals surface area contributed by atoms with Crippen molar-refractivity contribution in [3.63, 3.8) is 0 Å². The highest BCUT2D eigenvalue weighted by atomic mass is 16.5.